The Hall–Kier alpha value is -1.80. The molecule has 2 N–H and O–H groups in total. The first-order valence-electron chi connectivity index (χ1n) is 8.83. The molecular weight excluding hydrogens is 453 g/mol. The molecule has 148 valence electrons. The van der Waals surface area contributed by atoms with E-state index in [1.807, 2.05) is 18.2 Å². The molecule has 0 saturated carbocycles. The van der Waals surface area contributed by atoms with Crippen LogP contribution in [-0.2, 0) is 17.8 Å². The van der Waals surface area contributed by atoms with Crippen molar-refractivity contribution in [1.29, 1.82) is 0 Å². The summed E-state index contributed by atoms with van der Waals surface area (Å²) in [7, 11) is 3.45. The summed E-state index contributed by atoms with van der Waals surface area (Å²) >= 11 is 0. The molecule has 0 heterocycles. The standard InChI is InChI=1S/C21H29N3O2.HI/c1-16-8-9-19(17(2)12-16)15-24-21(22-3)23-14-18-6-5-7-20(13-18)26-11-10-25-4;/h5-9,12-13H,10-11,14-15H2,1-4H3,(H2,22,23,24);1H. The Bertz CT molecular complexity index is 735. The van der Waals surface area contributed by atoms with Gasteiger partial charge in [-0.3, -0.25) is 4.99 Å². The van der Waals surface area contributed by atoms with Gasteiger partial charge in [-0.15, -0.1) is 24.0 Å². The zero-order chi connectivity index (χ0) is 18.8. The van der Waals surface area contributed by atoms with Crippen molar-refractivity contribution in [2.24, 2.45) is 4.99 Å². The highest BCUT2D eigenvalue weighted by Crippen LogP contribution is 2.13. The van der Waals surface area contributed by atoms with Crippen molar-refractivity contribution in [2.45, 2.75) is 26.9 Å². The van der Waals surface area contributed by atoms with Crippen LogP contribution >= 0.6 is 24.0 Å². The number of aryl methyl sites for hydroxylation is 2. The van der Waals surface area contributed by atoms with Crippen LogP contribution in [0.15, 0.2) is 47.5 Å². The molecular formula is C21H30IN3O2. The van der Waals surface area contributed by atoms with Gasteiger partial charge in [-0.1, -0.05) is 35.9 Å². The molecule has 5 nitrogen and oxygen atoms in total. The number of aliphatic imine (C=N–C) groups is 1. The van der Waals surface area contributed by atoms with E-state index in [4.69, 9.17) is 9.47 Å². The lowest BCUT2D eigenvalue weighted by Crippen LogP contribution is -2.36. The molecule has 0 amide bonds. The third-order valence-electron chi connectivity index (χ3n) is 4.08. The van der Waals surface area contributed by atoms with Crippen LogP contribution in [0.4, 0.5) is 0 Å². The monoisotopic (exact) mass is 483 g/mol. The first kappa shape index (κ1) is 23.2. The fraction of sp³-hybridized carbons (Fsp3) is 0.381. The first-order chi connectivity index (χ1) is 12.6. The average Bonchev–Trinajstić information content (AvgIpc) is 2.64. The summed E-state index contributed by atoms with van der Waals surface area (Å²) in [6, 6.07) is 14.5. The zero-order valence-electron chi connectivity index (χ0n) is 16.5. The summed E-state index contributed by atoms with van der Waals surface area (Å²) in [6.45, 7) is 6.79. The van der Waals surface area contributed by atoms with Crippen molar-refractivity contribution in [3.8, 4) is 5.75 Å². The fourth-order valence-corrected chi connectivity index (χ4v) is 2.62. The topological polar surface area (TPSA) is 54.9 Å². The minimum atomic E-state index is 0. The van der Waals surface area contributed by atoms with Crippen molar-refractivity contribution < 1.29 is 9.47 Å². The molecule has 0 aliphatic carbocycles. The highest BCUT2D eigenvalue weighted by Gasteiger charge is 2.03. The van der Waals surface area contributed by atoms with E-state index < -0.39 is 0 Å². The number of hydrogen-bond acceptors (Lipinski definition) is 3. The Kier molecular flexibility index (Phi) is 10.8. The molecule has 0 aliphatic rings. The van der Waals surface area contributed by atoms with Crippen LogP contribution < -0.4 is 15.4 Å². The van der Waals surface area contributed by atoms with Crippen LogP contribution in [0, 0.1) is 13.8 Å². The maximum atomic E-state index is 5.65. The number of rotatable bonds is 8. The van der Waals surface area contributed by atoms with Crippen LogP contribution in [0.25, 0.3) is 0 Å². The van der Waals surface area contributed by atoms with Gasteiger partial charge in [0.05, 0.1) is 6.61 Å². The Balaban J connectivity index is 0.00000364. The highest BCUT2D eigenvalue weighted by atomic mass is 127. The quantitative estimate of drug-likeness (QED) is 0.260. The molecule has 27 heavy (non-hydrogen) atoms. The van der Waals surface area contributed by atoms with Gasteiger partial charge in [0.1, 0.15) is 12.4 Å². The second kappa shape index (κ2) is 12.6. The summed E-state index contributed by atoms with van der Waals surface area (Å²) in [5.74, 6) is 1.62. The molecule has 6 heteroatoms. The maximum absolute atomic E-state index is 5.65. The first-order valence-corrected chi connectivity index (χ1v) is 8.83. The minimum absolute atomic E-state index is 0. The van der Waals surface area contributed by atoms with E-state index in [1.54, 1.807) is 14.2 Å². The van der Waals surface area contributed by atoms with Crippen molar-refractivity contribution >= 4 is 29.9 Å². The summed E-state index contributed by atoms with van der Waals surface area (Å²) in [6.07, 6.45) is 0. The molecule has 0 atom stereocenters. The Morgan fingerprint density at radius 2 is 1.78 bits per heavy atom. The molecule has 2 rings (SSSR count). The largest absolute Gasteiger partial charge is 0.491 e. The summed E-state index contributed by atoms with van der Waals surface area (Å²) < 4.78 is 10.7. The molecule has 2 aromatic carbocycles. The number of hydrogen-bond donors (Lipinski definition) is 2. The minimum Gasteiger partial charge on any atom is -0.491 e. The van der Waals surface area contributed by atoms with Gasteiger partial charge in [0.2, 0.25) is 0 Å². The van der Waals surface area contributed by atoms with Crippen LogP contribution in [-0.4, -0.2) is 33.3 Å². The number of nitrogens with zero attached hydrogens (tertiary/aromatic N) is 1. The van der Waals surface area contributed by atoms with E-state index >= 15 is 0 Å². The molecule has 0 aliphatic heterocycles. The average molecular weight is 483 g/mol. The van der Waals surface area contributed by atoms with E-state index in [0.717, 1.165) is 23.8 Å². The molecule has 0 unspecified atom stereocenters. The third kappa shape index (κ3) is 8.17. The van der Waals surface area contributed by atoms with Crippen molar-refractivity contribution in [1.82, 2.24) is 10.6 Å². The van der Waals surface area contributed by atoms with Gasteiger partial charge in [-0.25, -0.2) is 0 Å². The maximum Gasteiger partial charge on any atom is 0.191 e. The van der Waals surface area contributed by atoms with Gasteiger partial charge >= 0.3 is 0 Å². The Labute approximate surface area is 179 Å². The van der Waals surface area contributed by atoms with E-state index in [0.29, 0.717) is 19.8 Å². The van der Waals surface area contributed by atoms with Crippen LogP contribution in [0.5, 0.6) is 5.75 Å². The number of guanidine groups is 1. The fourth-order valence-electron chi connectivity index (χ4n) is 2.62. The SMILES string of the molecule is CN=C(NCc1cccc(OCCOC)c1)NCc1ccc(C)cc1C.I. The molecule has 0 bridgehead atoms. The lowest BCUT2D eigenvalue weighted by Gasteiger charge is -2.14. The predicted molar refractivity (Wildman–Crippen MR) is 122 cm³/mol. The van der Waals surface area contributed by atoms with Crippen LogP contribution in [0.2, 0.25) is 0 Å². The summed E-state index contributed by atoms with van der Waals surface area (Å²) in [4.78, 5) is 4.30. The molecule has 2 aromatic rings. The number of methoxy groups -OCH3 is 1. The molecule has 0 spiro atoms. The lowest BCUT2D eigenvalue weighted by molar-refractivity contribution is 0.146. The normalized spacial score (nSPS) is 10.9. The van der Waals surface area contributed by atoms with Gasteiger partial charge in [0.25, 0.3) is 0 Å². The molecule has 0 saturated heterocycles. The second-order valence-corrected chi connectivity index (χ2v) is 6.20. The van der Waals surface area contributed by atoms with E-state index in [1.165, 1.54) is 16.7 Å². The van der Waals surface area contributed by atoms with E-state index in [2.05, 4.69) is 53.7 Å². The number of ether oxygens (including phenoxy) is 2. The van der Waals surface area contributed by atoms with Crippen molar-refractivity contribution in [2.75, 3.05) is 27.4 Å². The van der Waals surface area contributed by atoms with Crippen molar-refractivity contribution in [3.63, 3.8) is 0 Å². The van der Waals surface area contributed by atoms with Gasteiger partial charge in [-0.05, 0) is 42.7 Å². The van der Waals surface area contributed by atoms with Gasteiger partial charge < -0.3 is 20.1 Å². The van der Waals surface area contributed by atoms with Gasteiger partial charge in [0, 0.05) is 27.2 Å². The second-order valence-electron chi connectivity index (χ2n) is 6.20. The molecule has 0 fully saturated rings. The lowest BCUT2D eigenvalue weighted by atomic mass is 10.1. The van der Waals surface area contributed by atoms with Gasteiger partial charge in [0.15, 0.2) is 5.96 Å². The molecule has 0 radical (unpaired) electrons. The zero-order valence-corrected chi connectivity index (χ0v) is 18.9. The van der Waals surface area contributed by atoms with Crippen LogP contribution in [0.1, 0.15) is 22.3 Å². The highest BCUT2D eigenvalue weighted by molar-refractivity contribution is 14.0. The summed E-state index contributed by atoms with van der Waals surface area (Å²) in [5.41, 5.74) is 4.97. The third-order valence-corrected chi connectivity index (χ3v) is 4.08. The Morgan fingerprint density at radius 1 is 1.00 bits per heavy atom. The molecule has 0 aromatic heterocycles. The van der Waals surface area contributed by atoms with Crippen molar-refractivity contribution in [3.05, 3.63) is 64.7 Å². The van der Waals surface area contributed by atoms with E-state index in [9.17, 15) is 0 Å². The predicted octanol–water partition coefficient (Wildman–Crippen LogP) is 3.81. The van der Waals surface area contributed by atoms with Gasteiger partial charge in [-0.2, -0.15) is 0 Å². The smallest absolute Gasteiger partial charge is 0.191 e. The number of halogens is 1. The number of nitrogens with one attached hydrogen (secondary N) is 2. The Morgan fingerprint density at radius 3 is 2.48 bits per heavy atom. The van der Waals surface area contributed by atoms with Crippen LogP contribution in [0.3, 0.4) is 0 Å². The summed E-state index contributed by atoms with van der Waals surface area (Å²) in [5, 5.41) is 6.70. The number of benzene rings is 2. The van der Waals surface area contributed by atoms with E-state index in [-0.39, 0.29) is 24.0 Å².